The van der Waals surface area contributed by atoms with Crippen LogP contribution in [0, 0.1) is 0 Å². The molecule has 0 aliphatic heterocycles. The third-order valence-corrected chi connectivity index (χ3v) is 10.5. The number of aromatic nitrogens is 2. The number of hydrogen-bond donors (Lipinski definition) is 4. The van der Waals surface area contributed by atoms with Crippen molar-refractivity contribution in [2.75, 3.05) is 10.6 Å². The van der Waals surface area contributed by atoms with Gasteiger partial charge in [0.1, 0.15) is 22.8 Å². The number of amides is 4. The van der Waals surface area contributed by atoms with E-state index >= 15 is 0 Å². The smallest absolute Gasteiger partial charge is 0.274 e. The minimum atomic E-state index is -0.432. The SMILES string of the molecule is C[C@H](NC(=O)c1cccc(C(=O)Nc2ccc(Cc3ccc(NC(=O)c4cccc(C(=O)N[C@@H](C)c5cccc6ccccc56)n4)cc3)cc2)n1)c1cccc2ccccc12. The first kappa shape index (κ1) is 39.8. The van der Waals surface area contributed by atoms with Crippen LogP contribution >= 0.6 is 0 Å². The molecular formula is C51H42N6O4. The number of fused-ring (bicyclic) bond motifs is 2. The molecule has 0 fully saturated rings. The van der Waals surface area contributed by atoms with Crippen LogP contribution in [0.25, 0.3) is 21.5 Å². The van der Waals surface area contributed by atoms with E-state index in [0.29, 0.717) is 17.8 Å². The Kier molecular flexibility index (Phi) is 11.7. The van der Waals surface area contributed by atoms with Crippen LogP contribution in [0.3, 0.4) is 0 Å². The molecule has 2 heterocycles. The van der Waals surface area contributed by atoms with Crippen LogP contribution < -0.4 is 21.3 Å². The summed E-state index contributed by atoms with van der Waals surface area (Å²) >= 11 is 0. The van der Waals surface area contributed by atoms with E-state index in [-0.39, 0.29) is 46.7 Å². The Morgan fingerprint density at radius 3 is 1.16 bits per heavy atom. The van der Waals surface area contributed by atoms with Crippen molar-refractivity contribution in [3.05, 3.63) is 215 Å². The highest BCUT2D eigenvalue weighted by molar-refractivity contribution is 6.05. The number of pyridine rings is 2. The number of carbonyl (C=O) groups is 4. The quantitative estimate of drug-likeness (QED) is 0.0969. The third kappa shape index (κ3) is 9.34. The molecule has 4 N–H and O–H groups in total. The van der Waals surface area contributed by atoms with Crippen molar-refractivity contribution in [3.8, 4) is 0 Å². The van der Waals surface area contributed by atoms with E-state index in [1.807, 2.05) is 147 Å². The van der Waals surface area contributed by atoms with E-state index in [1.165, 1.54) is 0 Å². The minimum absolute atomic E-state index is 0.123. The van der Waals surface area contributed by atoms with Crippen molar-refractivity contribution in [1.82, 2.24) is 20.6 Å². The number of anilines is 2. The van der Waals surface area contributed by atoms with Crippen LogP contribution in [-0.4, -0.2) is 33.6 Å². The number of rotatable bonds is 12. The summed E-state index contributed by atoms with van der Waals surface area (Å²) in [6, 6.07) is 52.1. The average Bonchev–Trinajstić information content (AvgIpc) is 3.29. The topological polar surface area (TPSA) is 142 Å². The molecule has 0 saturated carbocycles. The normalized spacial score (nSPS) is 12.0. The van der Waals surface area contributed by atoms with Gasteiger partial charge in [0, 0.05) is 11.4 Å². The van der Waals surface area contributed by atoms with Gasteiger partial charge in [-0.1, -0.05) is 121 Å². The number of benzene rings is 6. The zero-order valence-electron chi connectivity index (χ0n) is 33.6. The Bertz CT molecular complexity index is 2700. The van der Waals surface area contributed by atoms with Crippen molar-refractivity contribution >= 4 is 56.5 Å². The first-order chi connectivity index (χ1) is 29.7. The summed E-state index contributed by atoms with van der Waals surface area (Å²) < 4.78 is 0. The molecule has 300 valence electrons. The summed E-state index contributed by atoms with van der Waals surface area (Å²) in [7, 11) is 0. The van der Waals surface area contributed by atoms with E-state index in [4.69, 9.17) is 0 Å². The maximum Gasteiger partial charge on any atom is 0.274 e. The van der Waals surface area contributed by atoms with Crippen molar-refractivity contribution < 1.29 is 19.2 Å². The lowest BCUT2D eigenvalue weighted by Crippen LogP contribution is -2.28. The van der Waals surface area contributed by atoms with Crippen LogP contribution in [0.2, 0.25) is 0 Å². The largest absolute Gasteiger partial charge is 0.344 e. The van der Waals surface area contributed by atoms with Gasteiger partial charge in [0.15, 0.2) is 0 Å². The number of nitrogens with one attached hydrogen (secondary N) is 4. The van der Waals surface area contributed by atoms with Gasteiger partial charge in [-0.25, -0.2) is 9.97 Å². The van der Waals surface area contributed by atoms with Gasteiger partial charge in [-0.15, -0.1) is 0 Å². The van der Waals surface area contributed by atoms with Crippen molar-refractivity contribution in [1.29, 1.82) is 0 Å². The Labute approximate surface area is 353 Å². The summed E-state index contributed by atoms with van der Waals surface area (Å²) in [4.78, 5) is 61.4. The van der Waals surface area contributed by atoms with Crippen molar-refractivity contribution in [2.24, 2.45) is 0 Å². The molecule has 0 unspecified atom stereocenters. The van der Waals surface area contributed by atoms with Crippen molar-refractivity contribution in [2.45, 2.75) is 32.4 Å². The number of nitrogens with zero attached hydrogens (tertiary/aromatic N) is 2. The molecule has 2 aromatic heterocycles. The molecule has 0 bridgehead atoms. The number of hydrogen-bond acceptors (Lipinski definition) is 6. The fourth-order valence-electron chi connectivity index (χ4n) is 7.37. The summed E-state index contributed by atoms with van der Waals surface area (Å²) in [6.45, 7) is 3.85. The van der Waals surface area contributed by atoms with Gasteiger partial charge < -0.3 is 21.3 Å². The van der Waals surface area contributed by atoms with E-state index in [9.17, 15) is 19.2 Å². The molecule has 6 aromatic carbocycles. The molecular weight excluding hydrogens is 761 g/mol. The van der Waals surface area contributed by atoms with Crippen molar-refractivity contribution in [3.63, 3.8) is 0 Å². The molecule has 0 aliphatic rings. The number of carbonyl (C=O) groups excluding carboxylic acids is 4. The predicted molar refractivity (Wildman–Crippen MR) is 240 cm³/mol. The predicted octanol–water partition coefficient (Wildman–Crippen LogP) is 9.86. The standard InChI is InChI=1S/C51H42N6O4/c1-32(40-17-7-13-36-11-3-5-15-42(36)40)52-48(58)44-19-9-21-46(56-44)50(60)54-38-27-23-34(24-28-38)31-35-25-29-39(30-26-35)55-51(61)47-22-10-20-45(57-47)49(59)53-33(2)41-18-8-14-37-12-4-6-16-43(37)41/h3-30,32-33H,31H2,1-2H3,(H,52,58)(H,53,59)(H,54,60)(H,55,61)/t32-,33-/m0/s1. The van der Waals surface area contributed by atoms with Gasteiger partial charge in [-0.3, -0.25) is 19.2 Å². The first-order valence-electron chi connectivity index (χ1n) is 20.0. The Hall–Kier alpha value is -7.98. The molecule has 10 heteroatoms. The molecule has 61 heavy (non-hydrogen) atoms. The van der Waals surface area contributed by atoms with E-state index in [2.05, 4.69) is 31.2 Å². The van der Waals surface area contributed by atoms with Gasteiger partial charge in [0.2, 0.25) is 0 Å². The fourth-order valence-corrected chi connectivity index (χ4v) is 7.37. The molecule has 0 aliphatic carbocycles. The monoisotopic (exact) mass is 802 g/mol. The first-order valence-corrected chi connectivity index (χ1v) is 20.0. The molecule has 2 atom stereocenters. The van der Waals surface area contributed by atoms with Gasteiger partial charge in [-0.2, -0.15) is 0 Å². The average molecular weight is 803 g/mol. The van der Waals surface area contributed by atoms with Crippen LogP contribution in [0.1, 0.15) is 90.1 Å². The van der Waals surface area contributed by atoms with Gasteiger partial charge in [0.25, 0.3) is 23.6 Å². The molecule has 4 amide bonds. The Morgan fingerprint density at radius 1 is 0.410 bits per heavy atom. The molecule has 0 spiro atoms. The van der Waals surface area contributed by atoms with Crippen LogP contribution in [-0.2, 0) is 6.42 Å². The summed E-state index contributed by atoms with van der Waals surface area (Å²) in [5, 5.41) is 16.1. The zero-order chi connectivity index (χ0) is 42.3. The molecule has 8 rings (SSSR count). The summed E-state index contributed by atoms with van der Waals surface area (Å²) in [5.74, 6) is -1.61. The maximum absolute atomic E-state index is 13.2. The maximum atomic E-state index is 13.2. The highest BCUT2D eigenvalue weighted by atomic mass is 16.2. The van der Waals surface area contributed by atoms with E-state index in [0.717, 1.165) is 43.8 Å². The minimum Gasteiger partial charge on any atom is -0.344 e. The van der Waals surface area contributed by atoms with Crippen LogP contribution in [0.15, 0.2) is 170 Å². The Morgan fingerprint density at radius 2 is 0.754 bits per heavy atom. The second-order valence-electron chi connectivity index (χ2n) is 14.8. The van der Waals surface area contributed by atoms with Crippen LogP contribution in [0.5, 0.6) is 0 Å². The second kappa shape index (κ2) is 17.9. The van der Waals surface area contributed by atoms with E-state index < -0.39 is 11.8 Å². The van der Waals surface area contributed by atoms with Gasteiger partial charge >= 0.3 is 0 Å². The molecule has 0 saturated heterocycles. The Balaban J connectivity index is 0.830. The third-order valence-electron chi connectivity index (χ3n) is 10.5. The summed E-state index contributed by atoms with van der Waals surface area (Å²) in [5.41, 5.74) is 5.73. The molecule has 8 aromatic rings. The van der Waals surface area contributed by atoms with Gasteiger partial charge in [-0.05, 0) is 113 Å². The lowest BCUT2D eigenvalue weighted by molar-refractivity contribution is 0.0925. The summed E-state index contributed by atoms with van der Waals surface area (Å²) in [6.07, 6.45) is 0.619. The van der Waals surface area contributed by atoms with Gasteiger partial charge in [0.05, 0.1) is 12.1 Å². The molecule has 10 nitrogen and oxygen atoms in total. The lowest BCUT2D eigenvalue weighted by atomic mass is 9.99. The fraction of sp³-hybridized carbons (Fsp3) is 0.0980. The molecule has 0 radical (unpaired) electrons. The highest BCUT2D eigenvalue weighted by Gasteiger charge is 2.19. The van der Waals surface area contributed by atoms with Crippen LogP contribution in [0.4, 0.5) is 11.4 Å². The zero-order valence-corrected chi connectivity index (χ0v) is 33.6. The van der Waals surface area contributed by atoms with E-state index in [1.54, 1.807) is 36.4 Å². The second-order valence-corrected chi connectivity index (χ2v) is 14.8. The lowest BCUT2D eigenvalue weighted by Gasteiger charge is -2.16. The highest BCUT2D eigenvalue weighted by Crippen LogP contribution is 2.26.